The normalized spacial score (nSPS) is 23.2. The number of fused-ring (bicyclic) bond motifs is 1. The van der Waals surface area contributed by atoms with Gasteiger partial charge in [-0.1, -0.05) is 43.7 Å². The first-order valence-corrected chi connectivity index (χ1v) is 8.39. The molecule has 1 heterocycles. The molecule has 4 nitrogen and oxygen atoms in total. The van der Waals surface area contributed by atoms with Gasteiger partial charge in [0.1, 0.15) is 6.61 Å². The summed E-state index contributed by atoms with van der Waals surface area (Å²) in [5, 5.41) is 0. The highest BCUT2D eigenvalue weighted by Gasteiger charge is 2.40. The molecule has 1 aromatic carbocycles. The summed E-state index contributed by atoms with van der Waals surface area (Å²) in [7, 11) is 0. The van der Waals surface area contributed by atoms with E-state index in [4.69, 9.17) is 4.74 Å². The quantitative estimate of drug-likeness (QED) is 0.634. The molecule has 23 heavy (non-hydrogen) atoms. The first kappa shape index (κ1) is 15.8. The van der Waals surface area contributed by atoms with Crippen LogP contribution in [0.3, 0.4) is 0 Å². The summed E-state index contributed by atoms with van der Waals surface area (Å²) in [6.07, 6.45) is 5.94. The van der Waals surface area contributed by atoms with Crippen LogP contribution in [-0.4, -0.2) is 25.0 Å². The molecule has 1 amide bonds. The van der Waals surface area contributed by atoms with E-state index in [1.165, 1.54) is 5.56 Å². The van der Waals surface area contributed by atoms with Crippen molar-refractivity contribution in [2.24, 2.45) is 11.8 Å². The zero-order valence-corrected chi connectivity index (χ0v) is 13.4. The molecular formula is C19H23NO3. The first-order valence-electron chi connectivity index (χ1n) is 8.39. The van der Waals surface area contributed by atoms with Crippen molar-refractivity contribution >= 4 is 17.6 Å². The van der Waals surface area contributed by atoms with Crippen LogP contribution in [0.1, 0.15) is 31.2 Å². The molecule has 0 saturated heterocycles. The summed E-state index contributed by atoms with van der Waals surface area (Å²) < 4.78 is 5.22. The van der Waals surface area contributed by atoms with E-state index >= 15 is 0 Å². The predicted molar refractivity (Wildman–Crippen MR) is 89.1 cm³/mol. The highest BCUT2D eigenvalue weighted by Crippen LogP contribution is 2.36. The molecule has 2 aliphatic rings. The van der Waals surface area contributed by atoms with Gasteiger partial charge in [0.2, 0.25) is 5.91 Å². The molecule has 0 spiro atoms. The Bertz CT molecular complexity index is 610. The first-order chi connectivity index (χ1) is 11.2. The van der Waals surface area contributed by atoms with Gasteiger partial charge in [0, 0.05) is 12.2 Å². The van der Waals surface area contributed by atoms with Crippen molar-refractivity contribution in [3.05, 3.63) is 42.5 Å². The van der Waals surface area contributed by atoms with Crippen LogP contribution in [0, 0.1) is 11.8 Å². The third kappa shape index (κ3) is 3.16. The van der Waals surface area contributed by atoms with Crippen LogP contribution in [0.2, 0.25) is 0 Å². The summed E-state index contributed by atoms with van der Waals surface area (Å²) >= 11 is 0. The van der Waals surface area contributed by atoms with E-state index in [2.05, 4.69) is 12.6 Å². The number of rotatable bonds is 4. The smallest absolute Gasteiger partial charge is 0.310 e. The van der Waals surface area contributed by atoms with E-state index < -0.39 is 0 Å². The van der Waals surface area contributed by atoms with Gasteiger partial charge in [0.15, 0.2) is 0 Å². The Labute approximate surface area is 137 Å². The molecule has 1 aliphatic heterocycles. The minimum atomic E-state index is -0.316. The Morgan fingerprint density at radius 2 is 1.96 bits per heavy atom. The Morgan fingerprint density at radius 1 is 1.22 bits per heavy atom. The van der Waals surface area contributed by atoms with Crippen molar-refractivity contribution in [1.82, 2.24) is 0 Å². The fourth-order valence-corrected chi connectivity index (χ4v) is 3.72. The molecule has 4 heteroatoms. The highest BCUT2D eigenvalue weighted by molar-refractivity contribution is 5.99. The topological polar surface area (TPSA) is 46.6 Å². The monoisotopic (exact) mass is 313 g/mol. The van der Waals surface area contributed by atoms with Crippen LogP contribution in [0.25, 0.3) is 0 Å². The molecule has 2 atom stereocenters. The van der Waals surface area contributed by atoms with Gasteiger partial charge in [0.25, 0.3) is 0 Å². The van der Waals surface area contributed by atoms with Gasteiger partial charge >= 0.3 is 5.97 Å². The Hall–Kier alpha value is -2.10. The molecular weight excluding hydrogens is 290 g/mol. The van der Waals surface area contributed by atoms with Gasteiger partial charge < -0.3 is 9.64 Å². The largest absolute Gasteiger partial charge is 0.461 e. The molecule has 0 N–H and O–H groups in total. The van der Waals surface area contributed by atoms with E-state index in [0.29, 0.717) is 6.54 Å². The van der Waals surface area contributed by atoms with Gasteiger partial charge in [-0.3, -0.25) is 9.59 Å². The SMILES string of the molecule is C=CCOC(=O)C1CCCCC1C(=O)N1CCc2ccccc21. The number of carbonyl (C=O) groups is 2. The summed E-state index contributed by atoms with van der Waals surface area (Å²) in [5.41, 5.74) is 2.21. The number of carbonyl (C=O) groups excluding carboxylic acids is 2. The molecule has 1 aromatic rings. The van der Waals surface area contributed by atoms with E-state index in [-0.39, 0.29) is 30.3 Å². The van der Waals surface area contributed by atoms with Crippen molar-refractivity contribution in [3.8, 4) is 0 Å². The van der Waals surface area contributed by atoms with E-state index in [1.807, 2.05) is 23.1 Å². The number of ether oxygens (including phenoxy) is 1. The summed E-state index contributed by atoms with van der Waals surface area (Å²) in [6, 6.07) is 8.03. The van der Waals surface area contributed by atoms with Crippen LogP contribution in [0.5, 0.6) is 0 Å². The van der Waals surface area contributed by atoms with Crippen molar-refractivity contribution in [3.63, 3.8) is 0 Å². The number of hydrogen-bond acceptors (Lipinski definition) is 3. The van der Waals surface area contributed by atoms with Crippen LogP contribution >= 0.6 is 0 Å². The van der Waals surface area contributed by atoms with Gasteiger partial charge in [-0.2, -0.15) is 0 Å². The lowest BCUT2D eigenvalue weighted by Gasteiger charge is -2.32. The Morgan fingerprint density at radius 3 is 2.74 bits per heavy atom. The van der Waals surface area contributed by atoms with Crippen LogP contribution in [0.15, 0.2) is 36.9 Å². The van der Waals surface area contributed by atoms with Crippen molar-refractivity contribution in [1.29, 1.82) is 0 Å². The predicted octanol–water partition coefficient (Wildman–Crippen LogP) is 3.11. The maximum absolute atomic E-state index is 13.0. The molecule has 0 bridgehead atoms. The number of para-hydroxylation sites is 1. The summed E-state index contributed by atoms with van der Waals surface area (Å²) in [5.74, 6) is -0.748. The zero-order chi connectivity index (χ0) is 16.2. The van der Waals surface area contributed by atoms with E-state index in [9.17, 15) is 9.59 Å². The van der Waals surface area contributed by atoms with Crippen LogP contribution in [-0.2, 0) is 20.7 Å². The van der Waals surface area contributed by atoms with Gasteiger partial charge in [-0.25, -0.2) is 0 Å². The zero-order valence-electron chi connectivity index (χ0n) is 13.4. The van der Waals surface area contributed by atoms with Crippen LogP contribution < -0.4 is 4.90 Å². The minimum absolute atomic E-state index is 0.0789. The number of anilines is 1. The van der Waals surface area contributed by atoms with Gasteiger partial charge in [-0.15, -0.1) is 0 Å². The van der Waals surface area contributed by atoms with Gasteiger partial charge in [-0.05, 0) is 30.9 Å². The number of nitrogens with zero attached hydrogens (tertiary/aromatic N) is 1. The molecule has 2 unspecified atom stereocenters. The standard InChI is InChI=1S/C19H23NO3/c1-2-13-23-19(22)16-9-5-4-8-15(16)18(21)20-12-11-14-7-3-6-10-17(14)20/h2-3,6-7,10,15-16H,1,4-5,8-9,11-13H2. The van der Waals surface area contributed by atoms with Crippen molar-refractivity contribution in [2.45, 2.75) is 32.1 Å². The van der Waals surface area contributed by atoms with Crippen LogP contribution in [0.4, 0.5) is 5.69 Å². The number of amides is 1. The second-order valence-corrected chi connectivity index (χ2v) is 6.28. The van der Waals surface area contributed by atoms with Gasteiger partial charge in [0.05, 0.1) is 11.8 Å². The van der Waals surface area contributed by atoms with Crippen molar-refractivity contribution < 1.29 is 14.3 Å². The second-order valence-electron chi connectivity index (χ2n) is 6.28. The molecule has 1 fully saturated rings. The Kier molecular flexibility index (Phi) is 4.79. The van der Waals surface area contributed by atoms with E-state index in [0.717, 1.165) is 37.8 Å². The van der Waals surface area contributed by atoms with Crippen molar-refractivity contribution in [2.75, 3.05) is 18.1 Å². The maximum atomic E-state index is 13.0. The molecule has 1 saturated carbocycles. The number of benzene rings is 1. The highest BCUT2D eigenvalue weighted by atomic mass is 16.5. The molecule has 0 aromatic heterocycles. The minimum Gasteiger partial charge on any atom is -0.461 e. The number of hydrogen-bond donors (Lipinski definition) is 0. The third-order valence-corrected chi connectivity index (χ3v) is 4.88. The lowest BCUT2D eigenvalue weighted by molar-refractivity contribution is -0.153. The lowest BCUT2D eigenvalue weighted by atomic mass is 9.78. The Balaban J connectivity index is 1.77. The molecule has 122 valence electrons. The second kappa shape index (κ2) is 6.99. The number of esters is 1. The maximum Gasteiger partial charge on any atom is 0.310 e. The third-order valence-electron chi connectivity index (χ3n) is 4.88. The fourth-order valence-electron chi connectivity index (χ4n) is 3.72. The molecule has 0 radical (unpaired) electrons. The molecule has 3 rings (SSSR count). The average molecular weight is 313 g/mol. The molecule has 1 aliphatic carbocycles. The van der Waals surface area contributed by atoms with E-state index in [1.54, 1.807) is 6.08 Å². The summed E-state index contributed by atoms with van der Waals surface area (Å²) in [6.45, 7) is 4.49. The summed E-state index contributed by atoms with van der Waals surface area (Å²) in [4.78, 5) is 27.2. The average Bonchev–Trinajstić information content (AvgIpc) is 3.03. The lowest BCUT2D eigenvalue weighted by Crippen LogP contribution is -2.42. The fraction of sp³-hybridized carbons (Fsp3) is 0.474.